The molecule has 3 aromatic rings. The van der Waals surface area contributed by atoms with E-state index in [0.29, 0.717) is 11.3 Å². The van der Waals surface area contributed by atoms with Crippen LogP contribution in [-0.4, -0.2) is 14.7 Å². The van der Waals surface area contributed by atoms with Gasteiger partial charge in [0.05, 0.1) is 17.6 Å². The molecule has 4 nitrogen and oxygen atoms in total. The van der Waals surface area contributed by atoms with Crippen LogP contribution < -0.4 is 0 Å². The molecule has 0 radical (unpaired) electrons. The number of hydrogen-bond acceptors (Lipinski definition) is 3. The van der Waals surface area contributed by atoms with Gasteiger partial charge in [0.1, 0.15) is 12.0 Å². The predicted octanol–water partition coefficient (Wildman–Crippen LogP) is 3.04. The average Bonchev–Trinajstić information content (AvgIpc) is 2.88. The van der Waals surface area contributed by atoms with E-state index in [0.717, 1.165) is 16.7 Å². The zero-order chi connectivity index (χ0) is 11.8. The normalized spacial score (nSPS) is 11.1. The van der Waals surface area contributed by atoms with Crippen LogP contribution in [0, 0.1) is 11.7 Å². The first kappa shape index (κ1) is 10.3. The maximum atomic E-state index is 5.32. The number of fused-ring (bicyclic) bond motifs is 1. The molecule has 0 aliphatic rings. The summed E-state index contributed by atoms with van der Waals surface area (Å²) in [6.45, 7) is 2.68. The molecule has 0 fully saturated rings. The summed E-state index contributed by atoms with van der Waals surface area (Å²) in [5.41, 5.74) is 4.21. The highest BCUT2D eigenvalue weighted by atomic mass is 32.1. The van der Waals surface area contributed by atoms with Gasteiger partial charge in [-0.2, -0.15) is 0 Å². The first-order chi connectivity index (χ1) is 8.24. The van der Waals surface area contributed by atoms with Crippen LogP contribution in [0.1, 0.15) is 11.3 Å². The van der Waals surface area contributed by atoms with Gasteiger partial charge in [-0.25, -0.2) is 0 Å². The van der Waals surface area contributed by atoms with E-state index in [1.807, 2.05) is 10.6 Å². The van der Waals surface area contributed by atoms with Gasteiger partial charge >= 0.3 is 0 Å². The summed E-state index contributed by atoms with van der Waals surface area (Å²) in [6, 6.07) is 8.07. The summed E-state index contributed by atoms with van der Waals surface area (Å²) in [5.74, 6) is 0. The molecule has 0 aliphatic heterocycles. The number of aromatic nitrogens is 3. The second-order valence-corrected chi connectivity index (χ2v) is 4.41. The lowest BCUT2D eigenvalue weighted by Crippen LogP contribution is -1.99. The Kier molecular flexibility index (Phi) is 2.33. The molecule has 0 saturated carbocycles. The summed E-state index contributed by atoms with van der Waals surface area (Å²) < 4.78 is 7.55. The number of hydrogen-bond donors (Lipinski definition) is 1. The van der Waals surface area contributed by atoms with Crippen molar-refractivity contribution in [3.8, 4) is 0 Å². The molecule has 0 saturated heterocycles. The topological polar surface area (TPSA) is 46.8 Å². The number of nitrogens with zero attached hydrogens (tertiary/aromatic N) is 2. The zero-order valence-corrected chi connectivity index (χ0v) is 10.1. The van der Waals surface area contributed by atoms with E-state index in [1.165, 1.54) is 5.56 Å². The van der Waals surface area contributed by atoms with Crippen molar-refractivity contribution in [2.24, 2.45) is 0 Å². The Balaban J connectivity index is 2.16. The average molecular weight is 245 g/mol. The quantitative estimate of drug-likeness (QED) is 0.706. The number of nitrogens with one attached hydrogen (secondary N) is 1. The molecule has 2 heterocycles. The van der Waals surface area contributed by atoms with Crippen molar-refractivity contribution in [2.45, 2.75) is 13.5 Å². The molecule has 2 aromatic heterocycles. The van der Waals surface area contributed by atoms with Gasteiger partial charge in [0.15, 0.2) is 4.77 Å². The molecule has 0 atom stereocenters. The lowest BCUT2D eigenvalue weighted by atomic mass is 10.2. The highest BCUT2D eigenvalue weighted by molar-refractivity contribution is 7.71. The molecule has 1 N–H and O–H groups in total. The summed E-state index contributed by atoms with van der Waals surface area (Å²) in [5, 5.41) is 3.90. The van der Waals surface area contributed by atoms with Gasteiger partial charge < -0.3 is 14.1 Å². The molecule has 1 aromatic carbocycles. The fourth-order valence-electron chi connectivity index (χ4n) is 1.92. The monoisotopic (exact) mass is 245 g/mol. The standard InChI is InChI=1S/C12H11N3OS/c1-8-2-3-11-10(6-8)13-12(17)15(11)7-9-4-5-16-14-9/h2-6H,7H2,1H3,(H,13,17). The maximum absolute atomic E-state index is 5.32. The van der Waals surface area contributed by atoms with E-state index in [2.05, 4.69) is 35.3 Å². The third kappa shape index (κ3) is 1.78. The molecule has 17 heavy (non-hydrogen) atoms. The van der Waals surface area contributed by atoms with E-state index in [9.17, 15) is 0 Å². The van der Waals surface area contributed by atoms with Crippen molar-refractivity contribution >= 4 is 23.3 Å². The van der Waals surface area contributed by atoms with Crippen molar-refractivity contribution in [3.63, 3.8) is 0 Å². The van der Waals surface area contributed by atoms with E-state index in [4.69, 9.17) is 16.7 Å². The van der Waals surface area contributed by atoms with Crippen LogP contribution in [0.25, 0.3) is 11.0 Å². The molecular weight excluding hydrogens is 234 g/mol. The molecule has 3 rings (SSSR count). The smallest absolute Gasteiger partial charge is 0.178 e. The Morgan fingerprint density at radius 1 is 1.41 bits per heavy atom. The Bertz CT molecular complexity index is 709. The van der Waals surface area contributed by atoms with Crippen LogP contribution >= 0.6 is 12.2 Å². The minimum Gasteiger partial charge on any atom is -0.364 e. The minimum atomic E-state index is 0.623. The van der Waals surface area contributed by atoms with E-state index in [-0.39, 0.29) is 0 Å². The molecule has 0 unspecified atom stereocenters. The van der Waals surface area contributed by atoms with Crippen molar-refractivity contribution < 1.29 is 4.52 Å². The number of aryl methyl sites for hydroxylation is 1. The number of H-pyrrole nitrogens is 1. The summed E-state index contributed by atoms with van der Waals surface area (Å²) in [7, 11) is 0. The van der Waals surface area contributed by atoms with Gasteiger partial charge in [0.25, 0.3) is 0 Å². The van der Waals surface area contributed by atoms with Crippen LogP contribution in [0.15, 0.2) is 35.1 Å². The van der Waals surface area contributed by atoms with Crippen molar-refractivity contribution in [3.05, 3.63) is 46.6 Å². The van der Waals surface area contributed by atoms with E-state index < -0.39 is 0 Å². The molecule has 86 valence electrons. The largest absolute Gasteiger partial charge is 0.364 e. The lowest BCUT2D eigenvalue weighted by molar-refractivity contribution is 0.410. The number of imidazole rings is 1. The molecule has 5 heteroatoms. The SMILES string of the molecule is Cc1ccc2c(c1)[nH]c(=S)n2Cc1ccon1. The number of aromatic amines is 1. The fraction of sp³-hybridized carbons (Fsp3) is 0.167. The predicted molar refractivity (Wildman–Crippen MR) is 67.5 cm³/mol. The van der Waals surface area contributed by atoms with E-state index >= 15 is 0 Å². The third-order valence-corrected chi connectivity index (χ3v) is 3.06. The van der Waals surface area contributed by atoms with Crippen molar-refractivity contribution in [1.29, 1.82) is 0 Å². The molecule has 0 aliphatic carbocycles. The van der Waals surface area contributed by atoms with Gasteiger partial charge in [-0.1, -0.05) is 11.2 Å². The van der Waals surface area contributed by atoms with Crippen molar-refractivity contribution in [2.75, 3.05) is 0 Å². The molecular formula is C12H11N3OS. The van der Waals surface area contributed by atoms with Gasteiger partial charge in [0, 0.05) is 6.07 Å². The molecule has 0 bridgehead atoms. The van der Waals surface area contributed by atoms with Crippen LogP contribution in [0.2, 0.25) is 0 Å². The minimum absolute atomic E-state index is 0.623. The van der Waals surface area contributed by atoms with Crippen LogP contribution in [-0.2, 0) is 6.54 Å². The third-order valence-electron chi connectivity index (χ3n) is 2.74. The van der Waals surface area contributed by atoms with Gasteiger partial charge in [-0.05, 0) is 36.8 Å². The maximum Gasteiger partial charge on any atom is 0.178 e. The van der Waals surface area contributed by atoms with Crippen molar-refractivity contribution in [1.82, 2.24) is 14.7 Å². The fourth-order valence-corrected chi connectivity index (χ4v) is 2.19. The number of rotatable bonds is 2. The molecule has 0 amide bonds. The highest BCUT2D eigenvalue weighted by Gasteiger charge is 2.06. The van der Waals surface area contributed by atoms with Crippen LogP contribution in [0.5, 0.6) is 0 Å². The Morgan fingerprint density at radius 3 is 3.06 bits per heavy atom. The van der Waals surface area contributed by atoms with Gasteiger partial charge in [0.2, 0.25) is 0 Å². The molecule has 0 spiro atoms. The van der Waals surface area contributed by atoms with E-state index in [1.54, 1.807) is 6.26 Å². The summed E-state index contributed by atoms with van der Waals surface area (Å²) in [6.07, 6.45) is 1.57. The first-order valence-corrected chi connectivity index (χ1v) is 5.73. The Morgan fingerprint density at radius 2 is 2.29 bits per heavy atom. The van der Waals surface area contributed by atoms with Gasteiger partial charge in [-0.15, -0.1) is 0 Å². The summed E-state index contributed by atoms with van der Waals surface area (Å²) >= 11 is 5.32. The van der Waals surface area contributed by atoms with Crippen LogP contribution in [0.3, 0.4) is 0 Å². The summed E-state index contributed by atoms with van der Waals surface area (Å²) in [4.78, 5) is 3.20. The number of benzene rings is 1. The van der Waals surface area contributed by atoms with Gasteiger partial charge in [-0.3, -0.25) is 0 Å². The lowest BCUT2D eigenvalue weighted by Gasteiger charge is -2.01. The Hall–Kier alpha value is -1.88. The second-order valence-electron chi connectivity index (χ2n) is 4.03. The highest BCUT2D eigenvalue weighted by Crippen LogP contribution is 2.16. The second kappa shape index (κ2) is 3.85. The van der Waals surface area contributed by atoms with Crippen LogP contribution in [0.4, 0.5) is 0 Å². The first-order valence-electron chi connectivity index (χ1n) is 5.32. The zero-order valence-electron chi connectivity index (χ0n) is 9.30. The Labute approximate surface area is 103 Å².